The first kappa shape index (κ1) is 17.8. The minimum Gasteiger partial charge on any atom is -0.374 e. The predicted molar refractivity (Wildman–Crippen MR) is 96.8 cm³/mol. The molecular formula is C19H21N5O2. The van der Waals surface area contributed by atoms with Gasteiger partial charge in [0.15, 0.2) is 0 Å². The van der Waals surface area contributed by atoms with Crippen LogP contribution in [0, 0.1) is 18.3 Å². The molecule has 1 fully saturated rings. The van der Waals surface area contributed by atoms with E-state index in [0.29, 0.717) is 36.8 Å². The van der Waals surface area contributed by atoms with E-state index in [1.54, 1.807) is 36.7 Å². The molecule has 1 unspecified atom stereocenters. The summed E-state index contributed by atoms with van der Waals surface area (Å²) in [7, 11) is 0. The van der Waals surface area contributed by atoms with Gasteiger partial charge in [-0.3, -0.25) is 4.79 Å². The third kappa shape index (κ3) is 4.55. The van der Waals surface area contributed by atoms with E-state index in [0.717, 1.165) is 18.5 Å². The highest BCUT2D eigenvalue weighted by atomic mass is 16.5. The van der Waals surface area contributed by atoms with E-state index in [1.807, 2.05) is 13.0 Å². The van der Waals surface area contributed by atoms with Crippen molar-refractivity contribution in [3.8, 4) is 6.07 Å². The predicted octanol–water partition coefficient (Wildman–Crippen LogP) is 1.68. The Balaban J connectivity index is 1.60. The number of amides is 1. The van der Waals surface area contributed by atoms with Gasteiger partial charge >= 0.3 is 0 Å². The number of aromatic nitrogens is 2. The lowest BCUT2D eigenvalue weighted by Crippen LogP contribution is -2.40. The number of aryl methyl sites for hydroxylation is 1. The van der Waals surface area contributed by atoms with Crippen molar-refractivity contribution in [1.29, 1.82) is 5.26 Å². The quantitative estimate of drug-likeness (QED) is 0.901. The van der Waals surface area contributed by atoms with Crippen molar-refractivity contribution in [2.45, 2.75) is 19.4 Å². The Morgan fingerprint density at radius 1 is 1.42 bits per heavy atom. The number of carbonyl (C=O) groups excluding carboxylic acids is 1. The molecule has 1 aliphatic rings. The molecule has 2 heterocycles. The van der Waals surface area contributed by atoms with Gasteiger partial charge in [-0.05, 0) is 37.1 Å². The van der Waals surface area contributed by atoms with Crippen LogP contribution in [0.4, 0.5) is 5.95 Å². The fourth-order valence-electron chi connectivity index (χ4n) is 2.79. The Kier molecular flexibility index (Phi) is 5.77. The second-order valence-corrected chi connectivity index (χ2v) is 6.26. The number of hydrogen-bond donors (Lipinski definition) is 1. The smallest absolute Gasteiger partial charge is 0.251 e. The van der Waals surface area contributed by atoms with E-state index in [9.17, 15) is 4.79 Å². The van der Waals surface area contributed by atoms with Crippen molar-refractivity contribution in [2.24, 2.45) is 0 Å². The standard InChI is InChI=1S/C19H21N5O2/c1-14-10-22-19(23-11-14)24-6-3-7-26-17(13-24)12-21-18(25)16-5-2-4-15(8-16)9-20/h2,4-5,8,10-11,17H,3,6-7,12-13H2,1H3,(H,21,25). The summed E-state index contributed by atoms with van der Waals surface area (Å²) in [5, 5.41) is 11.8. The number of hydrogen-bond acceptors (Lipinski definition) is 6. The molecule has 0 aliphatic carbocycles. The van der Waals surface area contributed by atoms with Crippen LogP contribution in [0.15, 0.2) is 36.7 Å². The summed E-state index contributed by atoms with van der Waals surface area (Å²) in [6, 6.07) is 8.68. The number of anilines is 1. The first-order valence-electron chi connectivity index (χ1n) is 8.59. The molecule has 26 heavy (non-hydrogen) atoms. The molecule has 1 saturated heterocycles. The first-order valence-corrected chi connectivity index (χ1v) is 8.59. The van der Waals surface area contributed by atoms with E-state index < -0.39 is 0 Å². The van der Waals surface area contributed by atoms with Crippen LogP contribution < -0.4 is 10.2 Å². The van der Waals surface area contributed by atoms with Gasteiger partial charge in [0.2, 0.25) is 5.95 Å². The topological polar surface area (TPSA) is 91.1 Å². The summed E-state index contributed by atoms with van der Waals surface area (Å²) in [5.74, 6) is 0.465. The average molecular weight is 351 g/mol. The van der Waals surface area contributed by atoms with E-state index in [2.05, 4.69) is 20.2 Å². The van der Waals surface area contributed by atoms with E-state index in [-0.39, 0.29) is 12.0 Å². The highest BCUT2D eigenvalue weighted by molar-refractivity contribution is 5.94. The molecule has 1 atom stereocenters. The first-order chi connectivity index (χ1) is 12.7. The van der Waals surface area contributed by atoms with Crippen LogP contribution in [0.25, 0.3) is 0 Å². The summed E-state index contributed by atoms with van der Waals surface area (Å²) in [4.78, 5) is 23.2. The molecule has 3 rings (SSSR count). The zero-order valence-corrected chi connectivity index (χ0v) is 14.7. The Hall–Kier alpha value is -2.98. The number of rotatable bonds is 4. The number of nitrogens with one attached hydrogen (secondary N) is 1. The maximum absolute atomic E-state index is 12.3. The molecule has 0 bridgehead atoms. The monoisotopic (exact) mass is 351 g/mol. The maximum Gasteiger partial charge on any atom is 0.251 e. The molecule has 1 aliphatic heterocycles. The summed E-state index contributed by atoms with van der Waals surface area (Å²) < 4.78 is 5.85. The third-order valence-electron chi connectivity index (χ3n) is 4.14. The Morgan fingerprint density at radius 3 is 3.00 bits per heavy atom. The maximum atomic E-state index is 12.3. The summed E-state index contributed by atoms with van der Waals surface area (Å²) in [5.41, 5.74) is 1.95. The van der Waals surface area contributed by atoms with Gasteiger partial charge in [-0.25, -0.2) is 9.97 Å². The average Bonchev–Trinajstić information content (AvgIpc) is 2.92. The molecule has 134 valence electrons. The van der Waals surface area contributed by atoms with Crippen LogP contribution in [0.5, 0.6) is 0 Å². The molecule has 1 aromatic heterocycles. The van der Waals surface area contributed by atoms with Crippen LogP contribution in [-0.2, 0) is 4.74 Å². The van der Waals surface area contributed by atoms with Crippen molar-refractivity contribution in [1.82, 2.24) is 15.3 Å². The molecule has 7 nitrogen and oxygen atoms in total. The van der Waals surface area contributed by atoms with Gasteiger partial charge in [-0.1, -0.05) is 6.07 Å². The van der Waals surface area contributed by atoms with Gasteiger partial charge in [-0.2, -0.15) is 5.26 Å². The van der Waals surface area contributed by atoms with E-state index >= 15 is 0 Å². The van der Waals surface area contributed by atoms with E-state index in [1.165, 1.54) is 0 Å². The van der Waals surface area contributed by atoms with Crippen molar-refractivity contribution in [3.05, 3.63) is 53.3 Å². The van der Waals surface area contributed by atoms with Crippen molar-refractivity contribution in [2.75, 3.05) is 31.1 Å². The van der Waals surface area contributed by atoms with Gasteiger partial charge in [-0.15, -0.1) is 0 Å². The minimum absolute atomic E-state index is 0.148. The van der Waals surface area contributed by atoms with Gasteiger partial charge in [0.05, 0.1) is 17.7 Å². The zero-order valence-electron chi connectivity index (χ0n) is 14.7. The van der Waals surface area contributed by atoms with Crippen LogP contribution in [0.3, 0.4) is 0 Å². The highest BCUT2D eigenvalue weighted by Gasteiger charge is 2.21. The molecule has 1 amide bonds. The second-order valence-electron chi connectivity index (χ2n) is 6.26. The summed E-state index contributed by atoms with van der Waals surface area (Å²) >= 11 is 0. The highest BCUT2D eigenvalue weighted by Crippen LogP contribution is 2.13. The van der Waals surface area contributed by atoms with Crippen LogP contribution >= 0.6 is 0 Å². The van der Waals surface area contributed by atoms with Crippen molar-refractivity contribution in [3.63, 3.8) is 0 Å². The van der Waals surface area contributed by atoms with Gasteiger partial charge in [0, 0.05) is 44.2 Å². The van der Waals surface area contributed by atoms with Crippen LogP contribution in [-0.4, -0.2) is 48.2 Å². The Labute approximate surface area is 152 Å². The van der Waals surface area contributed by atoms with E-state index in [4.69, 9.17) is 10.00 Å². The molecular weight excluding hydrogens is 330 g/mol. The van der Waals surface area contributed by atoms with Crippen molar-refractivity contribution < 1.29 is 9.53 Å². The molecule has 1 aromatic carbocycles. The lowest BCUT2D eigenvalue weighted by Gasteiger charge is -2.24. The Bertz CT molecular complexity index is 800. The van der Waals surface area contributed by atoms with Gasteiger partial charge < -0.3 is 15.0 Å². The summed E-state index contributed by atoms with van der Waals surface area (Å²) in [6.45, 7) is 4.40. The lowest BCUT2D eigenvalue weighted by atomic mass is 10.1. The number of carbonyl (C=O) groups is 1. The SMILES string of the molecule is Cc1cnc(N2CCCOC(CNC(=O)c3cccc(C#N)c3)C2)nc1. The molecule has 0 radical (unpaired) electrons. The molecule has 2 aromatic rings. The fraction of sp³-hybridized carbons (Fsp3) is 0.368. The fourth-order valence-corrected chi connectivity index (χ4v) is 2.79. The molecule has 0 spiro atoms. The molecule has 7 heteroatoms. The third-order valence-corrected chi connectivity index (χ3v) is 4.14. The second kappa shape index (κ2) is 8.41. The normalized spacial score (nSPS) is 17.2. The minimum atomic E-state index is -0.215. The summed E-state index contributed by atoms with van der Waals surface area (Å²) in [6.07, 6.45) is 4.33. The van der Waals surface area contributed by atoms with Gasteiger partial charge in [0.25, 0.3) is 5.91 Å². The van der Waals surface area contributed by atoms with Crippen LogP contribution in [0.1, 0.15) is 27.9 Å². The molecule has 0 saturated carbocycles. The van der Waals surface area contributed by atoms with Crippen LogP contribution in [0.2, 0.25) is 0 Å². The number of nitriles is 1. The van der Waals surface area contributed by atoms with Crippen molar-refractivity contribution >= 4 is 11.9 Å². The van der Waals surface area contributed by atoms with Gasteiger partial charge in [0.1, 0.15) is 0 Å². The number of nitrogens with zero attached hydrogens (tertiary/aromatic N) is 4. The zero-order chi connectivity index (χ0) is 18.4. The number of benzene rings is 1. The molecule has 1 N–H and O–H groups in total. The lowest BCUT2D eigenvalue weighted by molar-refractivity contribution is 0.0639. The largest absolute Gasteiger partial charge is 0.374 e. The Morgan fingerprint density at radius 2 is 2.23 bits per heavy atom. The number of ether oxygens (including phenoxy) is 1.